The van der Waals surface area contributed by atoms with Crippen molar-refractivity contribution in [2.45, 2.75) is 48.7 Å². The van der Waals surface area contributed by atoms with Gasteiger partial charge in [0, 0.05) is 16.7 Å². The first kappa shape index (κ1) is 16.8. The van der Waals surface area contributed by atoms with Gasteiger partial charge in [-0.3, -0.25) is 19.9 Å². The molecule has 128 valence electrons. The van der Waals surface area contributed by atoms with E-state index in [0.29, 0.717) is 15.6 Å². The van der Waals surface area contributed by atoms with E-state index in [0.717, 1.165) is 32.1 Å². The number of benzene rings is 1. The SMILES string of the molecule is NC(CSc1ccc([N+](=O)[O-])c2c1=NC1(CCCCC1)N=2)C(=O)O. The third-order valence-electron chi connectivity index (χ3n) is 4.32. The third kappa shape index (κ3) is 3.13. The highest BCUT2D eigenvalue weighted by Gasteiger charge is 2.35. The molecular formula is C15H18N4O4S. The van der Waals surface area contributed by atoms with Crippen LogP contribution in [-0.4, -0.2) is 33.5 Å². The summed E-state index contributed by atoms with van der Waals surface area (Å²) in [6.45, 7) is 0. The van der Waals surface area contributed by atoms with E-state index < -0.39 is 22.6 Å². The Bertz CT molecular complexity index is 804. The van der Waals surface area contributed by atoms with E-state index in [1.807, 2.05) is 0 Å². The van der Waals surface area contributed by atoms with Crippen molar-refractivity contribution in [1.29, 1.82) is 0 Å². The average molecular weight is 350 g/mol. The molecule has 1 saturated carbocycles. The molecule has 1 fully saturated rings. The zero-order valence-corrected chi connectivity index (χ0v) is 13.8. The lowest BCUT2D eigenvalue weighted by molar-refractivity contribution is -0.386. The molecule has 1 aromatic carbocycles. The van der Waals surface area contributed by atoms with Crippen LogP contribution in [0.4, 0.5) is 5.69 Å². The molecule has 24 heavy (non-hydrogen) atoms. The Balaban J connectivity index is 2.02. The second-order valence-electron chi connectivity index (χ2n) is 6.06. The van der Waals surface area contributed by atoms with E-state index in [-0.39, 0.29) is 11.4 Å². The van der Waals surface area contributed by atoms with Crippen molar-refractivity contribution < 1.29 is 14.8 Å². The molecule has 8 nitrogen and oxygen atoms in total. The molecule has 2 aliphatic rings. The molecule has 1 aliphatic heterocycles. The molecule has 1 spiro atoms. The number of fused-ring (bicyclic) bond motifs is 1. The van der Waals surface area contributed by atoms with Crippen LogP contribution in [0.5, 0.6) is 0 Å². The van der Waals surface area contributed by atoms with E-state index in [1.54, 1.807) is 6.07 Å². The molecule has 0 amide bonds. The Morgan fingerprint density at radius 2 is 2.00 bits per heavy atom. The third-order valence-corrected chi connectivity index (χ3v) is 5.49. The topological polar surface area (TPSA) is 131 Å². The molecule has 1 aromatic rings. The first-order chi connectivity index (χ1) is 11.4. The zero-order chi connectivity index (χ0) is 17.3. The van der Waals surface area contributed by atoms with Gasteiger partial charge in [0.1, 0.15) is 11.4 Å². The van der Waals surface area contributed by atoms with Gasteiger partial charge in [-0.1, -0.05) is 6.42 Å². The fraction of sp³-hybridized carbons (Fsp3) is 0.533. The van der Waals surface area contributed by atoms with Crippen molar-refractivity contribution in [2.75, 3.05) is 5.75 Å². The summed E-state index contributed by atoms with van der Waals surface area (Å²) in [5, 5.41) is 21.0. The maximum absolute atomic E-state index is 11.3. The van der Waals surface area contributed by atoms with Crippen molar-refractivity contribution in [2.24, 2.45) is 15.7 Å². The maximum atomic E-state index is 11.3. The molecule has 0 aromatic heterocycles. The number of rotatable bonds is 5. The summed E-state index contributed by atoms with van der Waals surface area (Å²) in [6.07, 6.45) is 4.71. The minimum absolute atomic E-state index is 0.0527. The number of carboxylic acids is 1. The van der Waals surface area contributed by atoms with Crippen molar-refractivity contribution in [1.82, 2.24) is 0 Å². The van der Waals surface area contributed by atoms with Crippen LogP contribution in [0.1, 0.15) is 32.1 Å². The van der Waals surface area contributed by atoms with Crippen LogP contribution in [0.15, 0.2) is 27.0 Å². The molecule has 1 unspecified atom stereocenters. The number of thioether (sulfide) groups is 1. The normalized spacial score (nSPS) is 19.2. The van der Waals surface area contributed by atoms with Crippen molar-refractivity contribution in [3.8, 4) is 0 Å². The second-order valence-corrected chi connectivity index (χ2v) is 7.12. The van der Waals surface area contributed by atoms with E-state index in [2.05, 4.69) is 4.99 Å². The van der Waals surface area contributed by atoms with Gasteiger partial charge in [0.2, 0.25) is 0 Å². The molecule has 1 heterocycles. The Hall–Kier alpha value is -2.00. The fourth-order valence-corrected chi connectivity index (χ4v) is 4.01. The van der Waals surface area contributed by atoms with Crippen molar-refractivity contribution >= 4 is 23.4 Å². The molecule has 9 heteroatoms. The molecule has 3 rings (SSSR count). The molecule has 3 N–H and O–H groups in total. The predicted octanol–water partition coefficient (Wildman–Crippen LogP) is 1.01. The molecule has 0 radical (unpaired) electrons. The number of non-ortho nitro benzene ring substituents is 1. The summed E-state index contributed by atoms with van der Waals surface area (Å²) in [4.78, 5) is 31.8. The molecular weight excluding hydrogens is 332 g/mol. The second kappa shape index (κ2) is 6.48. The fourth-order valence-electron chi connectivity index (χ4n) is 3.07. The summed E-state index contributed by atoms with van der Waals surface area (Å²) in [5.74, 6) is -0.909. The molecule has 0 saturated heterocycles. The van der Waals surface area contributed by atoms with Gasteiger partial charge in [0.25, 0.3) is 5.69 Å². The van der Waals surface area contributed by atoms with Gasteiger partial charge < -0.3 is 10.8 Å². The Labute approximate surface area is 142 Å². The lowest BCUT2D eigenvalue weighted by Crippen LogP contribution is -2.33. The van der Waals surface area contributed by atoms with Crippen molar-refractivity contribution in [3.63, 3.8) is 0 Å². The summed E-state index contributed by atoms with van der Waals surface area (Å²) in [5.41, 5.74) is 4.90. The monoisotopic (exact) mass is 350 g/mol. The first-order valence-electron chi connectivity index (χ1n) is 7.80. The number of nitrogens with two attached hydrogens (primary N) is 1. The quantitative estimate of drug-likeness (QED) is 0.463. The van der Waals surface area contributed by atoms with Crippen molar-refractivity contribution in [3.05, 3.63) is 33.0 Å². The van der Waals surface area contributed by atoms with Gasteiger partial charge in [0.05, 0.1) is 4.92 Å². The number of hydrogen-bond donors (Lipinski definition) is 2. The van der Waals surface area contributed by atoms with Gasteiger partial charge in [-0.2, -0.15) is 0 Å². The Kier molecular flexibility index (Phi) is 4.55. The molecule has 1 atom stereocenters. The Morgan fingerprint density at radius 1 is 1.33 bits per heavy atom. The lowest BCUT2D eigenvalue weighted by atomic mass is 9.90. The highest BCUT2D eigenvalue weighted by Crippen LogP contribution is 2.34. The largest absolute Gasteiger partial charge is 0.480 e. The van der Waals surface area contributed by atoms with E-state index in [4.69, 9.17) is 15.8 Å². The van der Waals surface area contributed by atoms with Gasteiger partial charge in [-0.05, 0) is 31.7 Å². The highest BCUT2D eigenvalue weighted by atomic mass is 32.2. The number of hydrogen-bond acceptors (Lipinski definition) is 7. The van der Waals surface area contributed by atoms with Crippen LogP contribution in [0.25, 0.3) is 0 Å². The summed E-state index contributed by atoms with van der Waals surface area (Å²) >= 11 is 1.25. The van der Waals surface area contributed by atoms with Gasteiger partial charge in [0.15, 0.2) is 11.0 Å². The molecule has 1 aliphatic carbocycles. The molecule has 0 bridgehead atoms. The average Bonchev–Trinajstić information content (AvgIpc) is 2.90. The van der Waals surface area contributed by atoms with E-state index >= 15 is 0 Å². The van der Waals surface area contributed by atoms with Crippen LogP contribution in [0.3, 0.4) is 0 Å². The maximum Gasteiger partial charge on any atom is 0.321 e. The zero-order valence-electron chi connectivity index (χ0n) is 13.0. The highest BCUT2D eigenvalue weighted by molar-refractivity contribution is 7.99. The number of carbonyl (C=O) groups is 1. The van der Waals surface area contributed by atoms with E-state index in [9.17, 15) is 14.9 Å². The van der Waals surface area contributed by atoms with Crippen LogP contribution in [0, 0.1) is 10.1 Å². The van der Waals surface area contributed by atoms with Crippen LogP contribution in [-0.2, 0) is 4.79 Å². The summed E-state index contributed by atoms with van der Waals surface area (Å²) < 4.78 is 0. The van der Waals surface area contributed by atoms with Gasteiger partial charge in [-0.25, -0.2) is 4.99 Å². The number of nitro benzene ring substituents is 1. The smallest absolute Gasteiger partial charge is 0.321 e. The van der Waals surface area contributed by atoms with Gasteiger partial charge in [-0.15, -0.1) is 11.8 Å². The summed E-state index contributed by atoms with van der Waals surface area (Å²) in [7, 11) is 0. The van der Waals surface area contributed by atoms with Crippen LogP contribution in [0.2, 0.25) is 0 Å². The number of aliphatic carboxylic acids is 1. The van der Waals surface area contributed by atoms with Crippen LogP contribution >= 0.6 is 11.8 Å². The lowest BCUT2D eigenvalue weighted by Gasteiger charge is -2.27. The first-order valence-corrected chi connectivity index (χ1v) is 8.79. The van der Waals surface area contributed by atoms with Crippen LogP contribution < -0.4 is 16.4 Å². The van der Waals surface area contributed by atoms with E-state index in [1.165, 1.54) is 17.8 Å². The number of carboxylic acid groups (broad SMARTS) is 1. The number of nitrogens with zero attached hydrogens (tertiary/aromatic N) is 3. The van der Waals surface area contributed by atoms with Gasteiger partial charge >= 0.3 is 5.97 Å². The Morgan fingerprint density at radius 3 is 2.62 bits per heavy atom. The predicted molar refractivity (Wildman–Crippen MR) is 87.6 cm³/mol. The standard InChI is InChI=1S/C15H18N4O4S/c16-9(14(20)21)8-24-11-5-4-10(19(22)23)12-13(11)18-15(17-12)6-2-1-3-7-15/h4-5,9H,1-3,6-8,16H2,(H,20,21). The summed E-state index contributed by atoms with van der Waals surface area (Å²) in [6, 6.07) is 2.02. The minimum atomic E-state index is -1.08. The minimum Gasteiger partial charge on any atom is -0.480 e. The number of nitro groups is 1.